The number of methoxy groups -OCH3 is 1. The van der Waals surface area contributed by atoms with Gasteiger partial charge in [-0.2, -0.15) is 0 Å². The Labute approximate surface area is 198 Å². The maximum absolute atomic E-state index is 13.0. The zero-order valence-electron chi connectivity index (χ0n) is 16.4. The zero-order chi connectivity index (χ0) is 22.9. The summed E-state index contributed by atoms with van der Waals surface area (Å²) in [6, 6.07) is 15.4. The molecule has 0 saturated heterocycles. The van der Waals surface area contributed by atoms with Gasteiger partial charge in [-0.15, -0.1) is 0 Å². The minimum absolute atomic E-state index is 0.0185. The number of rotatable bonds is 6. The quantitative estimate of drug-likeness (QED) is 0.350. The van der Waals surface area contributed by atoms with Gasteiger partial charge >= 0.3 is 0 Å². The van der Waals surface area contributed by atoms with Crippen LogP contribution in [0.2, 0.25) is 10.0 Å². The Morgan fingerprint density at radius 2 is 1.75 bits per heavy atom. The molecule has 0 atom stereocenters. The number of thiazole rings is 1. The molecule has 0 saturated carbocycles. The number of fused-ring (bicyclic) bond motifs is 1. The van der Waals surface area contributed by atoms with Crippen LogP contribution in [-0.4, -0.2) is 26.4 Å². The molecule has 0 fully saturated rings. The first-order chi connectivity index (χ1) is 15.3. The number of benzene rings is 3. The van der Waals surface area contributed by atoms with Crippen LogP contribution in [0.15, 0.2) is 65.6 Å². The van der Waals surface area contributed by atoms with E-state index in [4.69, 9.17) is 27.9 Å². The van der Waals surface area contributed by atoms with Crippen molar-refractivity contribution in [2.24, 2.45) is 0 Å². The van der Waals surface area contributed by atoms with Crippen molar-refractivity contribution < 1.29 is 17.9 Å². The molecular formula is C21H15Cl2N3O4S2. The first-order valence-corrected chi connectivity index (χ1v) is 12.2. The van der Waals surface area contributed by atoms with E-state index in [-0.39, 0.29) is 16.1 Å². The standard InChI is InChI=1S/C21H15Cl2N3O4S2/c1-30-17-11-10-15(23)19-18(17)24-21(31-19)25-20(27)14-4-2-3-5-16(14)26-32(28,29)13-8-6-12(22)7-9-13/h2-11,26H,1H3,(H,24,25,27). The summed E-state index contributed by atoms with van der Waals surface area (Å²) >= 11 is 13.3. The molecule has 1 heterocycles. The molecule has 164 valence electrons. The number of amides is 1. The molecular weight excluding hydrogens is 493 g/mol. The number of carbonyl (C=O) groups excluding carboxylic acids is 1. The summed E-state index contributed by atoms with van der Waals surface area (Å²) in [5.74, 6) is -0.00850. The fourth-order valence-corrected chi connectivity index (χ4v) is 5.28. The van der Waals surface area contributed by atoms with Crippen molar-refractivity contribution in [1.82, 2.24) is 4.98 Å². The number of hydrogen-bond acceptors (Lipinski definition) is 6. The molecule has 0 aliphatic rings. The molecule has 0 bridgehead atoms. The molecule has 4 rings (SSSR count). The maximum atomic E-state index is 13.0. The highest BCUT2D eigenvalue weighted by Crippen LogP contribution is 2.37. The van der Waals surface area contributed by atoms with E-state index in [1.165, 1.54) is 54.8 Å². The van der Waals surface area contributed by atoms with Gasteiger partial charge in [-0.1, -0.05) is 46.7 Å². The van der Waals surface area contributed by atoms with E-state index in [2.05, 4.69) is 15.0 Å². The lowest BCUT2D eigenvalue weighted by molar-refractivity contribution is 0.102. The summed E-state index contributed by atoms with van der Waals surface area (Å²) in [7, 11) is -2.41. The molecule has 0 spiro atoms. The number of anilines is 2. The minimum atomic E-state index is -3.93. The van der Waals surface area contributed by atoms with E-state index in [9.17, 15) is 13.2 Å². The van der Waals surface area contributed by atoms with Crippen molar-refractivity contribution in [2.75, 3.05) is 17.1 Å². The van der Waals surface area contributed by atoms with Crippen molar-refractivity contribution in [3.63, 3.8) is 0 Å². The Hall–Kier alpha value is -2.85. The van der Waals surface area contributed by atoms with Gasteiger partial charge in [0, 0.05) is 5.02 Å². The molecule has 11 heteroatoms. The molecule has 7 nitrogen and oxygen atoms in total. The van der Waals surface area contributed by atoms with Crippen LogP contribution in [0.5, 0.6) is 5.75 Å². The van der Waals surface area contributed by atoms with E-state index in [0.717, 1.165) is 0 Å². The number of nitrogens with zero attached hydrogens (tertiary/aromatic N) is 1. The second kappa shape index (κ2) is 8.95. The summed E-state index contributed by atoms with van der Waals surface area (Å²) < 4.78 is 33.9. The van der Waals surface area contributed by atoms with Gasteiger partial charge in [-0.3, -0.25) is 14.8 Å². The molecule has 2 N–H and O–H groups in total. The van der Waals surface area contributed by atoms with Gasteiger partial charge in [-0.25, -0.2) is 13.4 Å². The van der Waals surface area contributed by atoms with Crippen LogP contribution >= 0.6 is 34.5 Å². The van der Waals surface area contributed by atoms with Crippen molar-refractivity contribution >= 4 is 71.5 Å². The number of halogens is 2. The highest BCUT2D eigenvalue weighted by atomic mass is 35.5. The normalized spacial score (nSPS) is 11.3. The molecule has 0 unspecified atom stereocenters. The van der Waals surface area contributed by atoms with Gasteiger partial charge < -0.3 is 4.74 Å². The van der Waals surface area contributed by atoms with E-state index < -0.39 is 15.9 Å². The Kier molecular flexibility index (Phi) is 6.25. The summed E-state index contributed by atoms with van der Waals surface area (Å²) in [6.07, 6.45) is 0. The van der Waals surface area contributed by atoms with Gasteiger partial charge in [0.1, 0.15) is 11.3 Å². The molecule has 1 aromatic heterocycles. The third-order valence-corrected chi connectivity index (χ3v) is 7.50. The van der Waals surface area contributed by atoms with Gasteiger partial charge in [0.15, 0.2) is 5.13 Å². The lowest BCUT2D eigenvalue weighted by Gasteiger charge is -2.12. The average molecular weight is 508 g/mol. The maximum Gasteiger partial charge on any atom is 0.261 e. The van der Waals surface area contributed by atoms with Crippen molar-refractivity contribution in [3.8, 4) is 5.75 Å². The summed E-state index contributed by atoms with van der Waals surface area (Å²) in [6.45, 7) is 0. The Balaban J connectivity index is 1.63. The first-order valence-electron chi connectivity index (χ1n) is 9.10. The van der Waals surface area contributed by atoms with Crippen molar-refractivity contribution in [3.05, 3.63) is 76.3 Å². The van der Waals surface area contributed by atoms with Crippen LogP contribution in [0, 0.1) is 0 Å². The fraction of sp³-hybridized carbons (Fsp3) is 0.0476. The average Bonchev–Trinajstić information content (AvgIpc) is 3.19. The van der Waals surface area contributed by atoms with Crippen molar-refractivity contribution in [1.29, 1.82) is 0 Å². The third-order valence-electron chi connectivity index (χ3n) is 4.44. The zero-order valence-corrected chi connectivity index (χ0v) is 19.6. The van der Waals surface area contributed by atoms with Crippen molar-refractivity contribution in [2.45, 2.75) is 4.90 Å². The molecule has 3 aromatic carbocycles. The van der Waals surface area contributed by atoms with E-state index in [0.29, 0.717) is 31.1 Å². The molecule has 0 radical (unpaired) electrons. The SMILES string of the molecule is COc1ccc(Cl)c2sc(NC(=O)c3ccccc3NS(=O)(=O)c3ccc(Cl)cc3)nc12. The van der Waals surface area contributed by atoms with Crippen LogP contribution in [0.3, 0.4) is 0 Å². The predicted octanol–water partition coefficient (Wildman–Crippen LogP) is 5.66. The summed E-state index contributed by atoms with van der Waals surface area (Å²) in [4.78, 5) is 17.4. The first kappa shape index (κ1) is 22.3. The second-order valence-corrected chi connectivity index (χ2v) is 10.0. The van der Waals surface area contributed by atoms with Crippen LogP contribution in [-0.2, 0) is 10.0 Å². The number of sulfonamides is 1. The fourth-order valence-electron chi connectivity index (χ4n) is 2.92. The highest BCUT2D eigenvalue weighted by Gasteiger charge is 2.20. The topological polar surface area (TPSA) is 97.4 Å². The molecule has 0 aliphatic heterocycles. The Morgan fingerprint density at radius 3 is 2.47 bits per heavy atom. The van der Waals surface area contributed by atoms with Gasteiger partial charge in [-0.05, 0) is 48.5 Å². The van der Waals surface area contributed by atoms with Crippen LogP contribution in [0.25, 0.3) is 10.2 Å². The lowest BCUT2D eigenvalue weighted by Crippen LogP contribution is -2.18. The number of carbonyl (C=O) groups is 1. The van der Waals surface area contributed by atoms with E-state index >= 15 is 0 Å². The van der Waals surface area contributed by atoms with Crippen LogP contribution in [0.4, 0.5) is 10.8 Å². The minimum Gasteiger partial charge on any atom is -0.494 e. The molecule has 32 heavy (non-hydrogen) atoms. The number of para-hydroxylation sites is 1. The predicted molar refractivity (Wildman–Crippen MR) is 128 cm³/mol. The molecule has 1 amide bonds. The number of ether oxygens (including phenoxy) is 1. The molecule has 4 aromatic rings. The molecule has 0 aliphatic carbocycles. The summed E-state index contributed by atoms with van der Waals surface area (Å²) in [5.41, 5.74) is 0.774. The Bertz CT molecular complexity index is 1420. The van der Waals surface area contributed by atoms with E-state index in [1.54, 1.807) is 24.3 Å². The largest absolute Gasteiger partial charge is 0.494 e. The number of aromatic nitrogens is 1. The van der Waals surface area contributed by atoms with Gasteiger partial charge in [0.25, 0.3) is 15.9 Å². The smallest absolute Gasteiger partial charge is 0.261 e. The second-order valence-electron chi connectivity index (χ2n) is 6.51. The van der Waals surface area contributed by atoms with E-state index in [1.807, 2.05) is 0 Å². The van der Waals surface area contributed by atoms with Crippen LogP contribution < -0.4 is 14.8 Å². The lowest BCUT2D eigenvalue weighted by atomic mass is 10.2. The number of nitrogens with one attached hydrogen (secondary N) is 2. The monoisotopic (exact) mass is 507 g/mol. The van der Waals surface area contributed by atoms with Gasteiger partial charge in [0.2, 0.25) is 0 Å². The third kappa shape index (κ3) is 4.51. The van der Waals surface area contributed by atoms with Crippen LogP contribution in [0.1, 0.15) is 10.4 Å². The Morgan fingerprint density at radius 1 is 1.03 bits per heavy atom. The van der Waals surface area contributed by atoms with Gasteiger partial charge in [0.05, 0.1) is 33.0 Å². The highest BCUT2D eigenvalue weighted by molar-refractivity contribution is 7.92. The summed E-state index contributed by atoms with van der Waals surface area (Å²) in [5, 5.41) is 3.89. The number of hydrogen-bond donors (Lipinski definition) is 2.